The Morgan fingerprint density at radius 2 is 2.29 bits per heavy atom. The Labute approximate surface area is 82.8 Å². The van der Waals surface area contributed by atoms with E-state index >= 15 is 0 Å². The fraction of sp³-hybridized carbons (Fsp3) is 0.800. The van der Waals surface area contributed by atoms with Gasteiger partial charge in [-0.3, -0.25) is 4.79 Å². The Morgan fingerprint density at radius 1 is 1.57 bits per heavy atom. The summed E-state index contributed by atoms with van der Waals surface area (Å²) >= 11 is 0. The van der Waals surface area contributed by atoms with Gasteiger partial charge in [-0.25, -0.2) is 0 Å². The third-order valence-electron chi connectivity index (χ3n) is 2.98. The maximum absolute atomic E-state index is 11.6. The van der Waals surface area contributed by atoms with Crippen molar-refractivity contribution in [2.45, 2.75) is 32.0 Å². The summed E-state index contributed by atoms with van der Waals surface area (Å²) in [7, 11) is 0. The SMILES string of the molecule is CCOC(=O)C1C2CCC(O2)C1C#N. The minimum Gasteiger partial charge on any atom is -0.466 e. The van der Waals surface area contributed by atoms with Crippen LogP contribution in [0.4, 0.5) is 0 Å². The number of esters is 1. The molecule has 2 aliphatic rings. The molecule has 0 saturated carbocycles. The van der Waals surface area contributed by atoms with E-state index < -0.39 is 0 Å². The summed E-state index contributed by atoms with van der Waals surface area (Å²) < 4.78 is 10.5. The highest BCUT2D eigenvalue weighted by Crippen LogP contribution is 2.43. The molecule has 2 saturated heterocycles. The summed E-state index contributed by atoms with van der Waals surface area (Å²) in [6.45, 7) is 2.14. The van der Waals surface area contributed by atoms with Gasteiger partial charge in [0.15, 0.2) is 0 Å². The number of carbonyl (C=O) groups excluding carboxylic acids is 1. The van der Waals surface area contributed by atoms with Crippen molar-refractivity contribution >= 4 is 5.97 Å². The lowest BCUT2D eigenvalue weighted by molar-refractivity contribution is -0.150. The van der Waals surface area contributed by atoms with E-state index in [4.69, 9.17) is 14.7 Å². The van der Waals surface area contributed by atoms with Crippen LogP contribution in [-0.4, -0.2) is 24.8 Å². The summed E-state index contributed by atoms with van der Waals surface area (Å²) in [5.41, 5.74) is 0. The van der Waals surface area contributed by atoms with Crippen LogP contribution in [0.15, 0.2) is 0 Å². The van der Waals surface area contributed by atoms with Crippen LogP contribution in [0.1, 0.15) is 19.8 Å². The minimum absolute atomic E-state index is 0.0422. The first-order valence-corrected chi connectivity index (χ1v) is 4.99. The van der Waals surface area contributed by atoms with E-state index in [-0.39, 0.29) is 30.0 Å². The summed E-state index contributed by atoms with van der Waals surface area (Å²) in [4.78, 5) is 11.6. The molecule has 0 N–H and O–H groups in total. The van der Waals surface area contributed by atoms with Gasteiger partial charge < -0.3 is 9.47 Å². The molecule has 4 atom stereocenters. The maximum atomic E-state index is 11.6. The zero-order chi connectivity index (χ0) is 10.1. The van der Waals surface area contributed by atoms with Gasteiger partial charge in [0.05, 0.1) is 30.8 Å². The van der Waals surface area contributed by atoms with Crippen LogP contribution in [0, 0.1) is 23.2 Å². The van der Waals surface area contributed by atoms with Gasteiger partial charge in [0.25, 0.3) is 0 Å². The van der Waals surface area contributed by atoms with Crippen molar-refractivity contribution in [1.82, 2.24) is 0 Å². The molecule has 0 amide bonds. The normalized spacial score (nSPS) is 39.4. The molecule has 0 radical (unpaired) electrons. The number of hydrogen-bond donors (Lipinski definition) is 0. The molecule has 2 aliphatic heterocycles. The van der Waals surface area contributed by atoms with Crippen molar-refractivity contribution in [3.63, 3.8) is 0 Å². The van der Waals surface area contributed by atoms with Crippen LogP contribution in [0.3, 0.4) is 0 Å². The van der Waals surface area contributed by atoms with E-state index in [0.29, 0.717) is 6.61 Å². The molecule has 0 aliphatic carbocycles. The van der Waals surface area contributed by atoms with Gasteiger partial charge in [0, 0.05) is 0 Å². The fourth-order valence-electron chi connectivity index (χ4n) is 2.38. The first kappa shape index (κ1) is 9.47. The lowest BCUT2D eigenvalue weighted by Gasteiger charge is -2.20. The fourth-order valence-corrected chi connectivity index (χ4v) is 2.38. The third kappa shape index (κ3) is 1.28. The molecule has 2 bridgehead atoms. The molecule has 0 aromatic rings. The van der Waals surface area contributed by atoms with Crippen LogP contribution in [0.5, 0.6) is 0 Å². The van der Waals surface area contributed by atoms with E-state index in [9.17, 15) is 4.79 Å². The van der Waals surface area contributed by atoms with Crippen molar-refractivity contribution in [2.24, 2.45) is 11.8 Å². The summed E-state index contributed by atoms with van der Waals surface area (Å²) in [6, 6.07) is 2.16. The largest absolute Gasteiger partial charge is 0.466 e. The second kappa shape index (κ2) is 3.58. The number of nitriles is 1. The lowest BCUT2D eigenvalue weighted by Crippen LogP contribution is -2.34. The first-order chi connectivity index (χ1) is 6.77. The lowest BCUT2D eigenvalue weighted by atomic mass is 9.80. The Kier molecular flexibility index (Phi) is 2.42. The number of carbonyl (C=O) groups is 1. The van der Waals surface area contributed by atoms with Crippen molar-refractivity contribution in [1.29, 1.82) is 5.26 Å². The van der Waals surface area contributed by atoms with Crippen LogP contribution in [0.2, 0.25) is 0 Å². The van der Waals surface area contributed by atoms with Gasteiger partial charge in [-0.15, -0.1) is 0 Å². The number of nitrogens with zero attached hydrogens (tertiary/aromatic N) is 1. The van der Waals surface area contributed by atoms with E-state index in [1.807, 2.05) is 0 Å². The van der Waals surface area contributed by atoms with Gasteiger partial charge in [-0.1, -0.05) is 0 Å². The highest BCUT2D eigenvalue weighted by Gasteiger charge is 2.53. The van der Waals surface area contributed by atoms with Crippen LogP contribution in [-0.2, 0) is 14.3 Å². The first-order valence-electron chi connectivity index (χ1n) is 4.99. The Bertz CT molecular complexity index is 284. The number of fused-ring (bicyclic) bond motifs is 2. The molecule has 0 aromatic heterocycles. The van der Waals surface area contributed by atoms with Crippen LogP contribution < -0.4 is 0 Å². The van der Waals surface area contributed by atoms with E-state index in [1.54, 1.807) is 6.92 Å². The van der Waals surface area contributed by atoms with Crippen molar-refractivity contribution in [3.8, 4) is 6.07 Å². The monoisotopic (exact) mass is 195 g/mol. The molecule has 0 aromatic carbocycles. The standard InChI is InChI=1S/C10H13NO3/c1-2-13-10(12)9-6(5-11)7-3-4-8(9)14-7/h6-9H,2-4H2,1H3. The predicted molar refractivity (Wildman–Crippen MR) is 47.1 cm³/mol. The zero-order valence-electron chi connectivity index (χ0n) is 8.10. The van der Waals surface area contributed by atoms with Gasteiger partial charge in [0.1, 0.15) is 5.92 Å². The average molecular weight is 195 g/mol. The Hall–Kier alpha value is -1.08. The summed E-state index contributed by atoms with van der Waals surface area (Å²) in [5.74, 6) is -0.919. The molecular formula is C10H13NO3. The molecule has 4 heteroatoms. The Morgan fingerprint density at radius 3 is 2.93 bits per heavy atom. The van der Waals surface area contributed by atoms with Gasteiger partial charge >= 0.3 is 5.97 Å². The average Bonchev–Trinajstić information content (AvgIpc) is 2.76. The van der Waals surface area contributed by atoms with Gasteiger partial charge in [0.2, 0.25) is 0 Å². The van der Waals surface area contributed by atoms with Crippen LogP contribution >= 0.6 is 0 Å². The van der Waals surface area contributed by atoms with Crippen molar-refractivity contribution in [3.05, 3.63) is 0 Å². The molecule has 76 valence electrons. The number of hydrogen-bond acceptors (Lipinski definition) is 4. The molecule has 4 unspecified atom stereocenters. The number of rotatable bonds is 2. The maximum Gasteiger partial charge on any atom is 0.313 e. The second-order valence-electron chi connectivity index (χ2n) is 3.72. The van der Waals surface area contributed by atoms with Gasteiger partial charge in [-0.2, -0.15) is 5.26 Å². The van der Waals surface area contributed by atoms with Gasteiger partial charge in [-0.05, 0) is 19.8 Å². The Balaban J connectivity index is 2.11. The zero-order valence-corrected chi connectivity index (χ0v) is 8.10. The topological polar surface area (TPSA) is 59.3 Å². The molecular weight excluding hydrogens is 182 g/mol. The van der Waals surface area contributed by atoms with Crippen molar-refractivity contribution in [2.75, 3.05) is 6.61 Å². The highest BCUT2D eigenvalue weighted by atomic mass is 16.5. The third-order valence-corrected chi connectivity index (χ3v) is 2.98. The van der Waals surface area contributed by atoms with E-state index in [1.165, 1.54) is 0 Å². The van der Waals surface area contributed by atoms with Crippen LogP contribution in [0.25, 0.3) is 0 Å². The summed E-state index contributed by atoms with van der Waals surface area (Å²) in [6.07, 6.45) is 1.66. The summed E-state index contributed by atoms with van der Waals surface area (Å²) in [5, 5.41) is 8.94. The van der Waals surface area contributed by atoms with E-state index in [0.717, 1.165) is 12.8 Å². The minimum atomic E-state index is -0.348. The highest BCUT2D eigenvalue weighted by molar-refractivity contribution is 5.74. The predicted octanol–water partition coefficient (Wildman–Crippen LogP) is 0.867. The molecule has 0 spiro atoms. The van der Waals surface area contributed by atoms with Crippen molar-refractivity contribution < 1.29 is 14.3 Å². The second-order valence-corrected chi connectivity index (χ2v) is 3.72. The molecule has 14 heavy (non-hydrogen) atoms. The molecule has 2 rings (SSSR count). The quantitative estimate of drug-likeness (QED) is 0.613. The smallest absolute Gasteiger partial charge is 0.313 e. The molecule has 2 heterocycles. The molecule has 4 nitrogen and oxygen atoms in total. The molecule has 2 fully saturated rings. The van der Waals surface area contributed by atoms with E-state index in [2.05, 4.69) is 6.07 Å². The number of ether oxygens (including phenoxy) is 2.